The molecule has 4 heterocycles. The molecule has 2 saturated heterocycles. The lowest BCUT2D eigenvalue weighted by Crippen LogP contribution is -2.58. The molecule has 6 atom stereocenters. The monoisotopic (exact) mass is 683 g/mol. The molecule has 2 fully saturated rings. The number of aromatic amines is 1. The van der Waals surface area contributed by atoms with Gasteiger partial charge >= 0.3 is 0 Å². The average Bonchev–Trinajstić information content (AvgIpc) is 3.77. The van der Waals surface area contributed by atoms with Crippen LogP contribution >= 0.6 is 0 Å². The highest BCUT2D eigenvalue weighted by Gasteiger charge is 2.43. The molecule has 0 spiro atoms. The molecule has 2 aliphatic heterocycles. The Bertz CT molecular complexity index is 1870. The van der Waals surface area contributed by atoms with E-state index in [1.165, 1.54) is 29.2 Å². The van der Waals surface area contributed by atoms with Crippen LogP contribution in [0.25, 0.3) is 33.5 Å². The highest BCUT2D eigenvalue weighted by Crippen LogP contribution is 2.37. The van der Waals surface area contributed by atoms with Crippen molar-refractivity contribution in [1.82, 2.24) is 35.0 Å². The highest BCUT2D eigenvalue weighted by atomic mass is 19.1. The Morgan fingerprint density at radius 1 is 1.02 bits per heavy atom. The van der Waals surface area contributed by atoms with E-state index >= 15 is 4.39 Å². The van der Waals surface area contributed by atoms with Crippen LogP contribution in [0, 0.1) is 17.0 Å². The molecule has 2 amide bonds. The van der Waals surface area contributed by atoms with Gasteiger partial charge in [0.2, 0.25) is 11.8 Å². The fourth-order valence-electron chi connectivity index (χ4n) is 7.32. The van der Waals surface area contributed by atoms with Crippen molar-refractivity contribution >= 4 is 33.8 Å². The molecule has 4 aromatic rings. The number of nitrogens with zero attached hydrogens (tertiary/aromatic N) is 4. The quantitative estimate of drug-likeness (QED) is 0.213. The van der Waals surface area contributed by atoms with Crippen molar-refractivity contribution in [2.75, 3.05) is 27.2 Å². The van der Waals surface area contributed by atoms with E-state index in [4.69, 9.17) is 4.98 Å². The second kappa shape index (κ2) is 13.4. The zero-order valence-electron chi connectivity index (χ0n) is 28.8. The number of hydrogen-bond acceptors (Lipinski definition) is 5. The summed E-state index contributed by atoms with van der Waals surface area (Å²) in [5.41, 5.74) is 2.12. The summed E-state index contributed by atoms with van der Waals surface area (Å²) < 4.78 is 60.7. The topological polar surface area (TPSA) is 98.3 Å². The summed E-state index contributed by atoms with van der Waals surface area (Å²) in [4.78, 5) is 38.8. The molecule has 6 unspecified atom stereocenters. The summed E-state index contributed by atoms with van der Waals surface area (Å²) in [6.07, 6.45) is -1.65. The Kier molecular flexibility index (Phi) is 9.53. The van der Waals surface area contributed by atoms with Gasteiger partial charge in [0, 0.05) is 48.6 Å². The lowest BCUT2D eigenvalue weighted by molar-refractivity contribution is -0.140. The first kappa shape index (κ1) is 34.9. The number of halogens is 4. The first-order valence-corrected chi connectivity index (χ1v) is 16.9. The third kappa shape index (κ3) is 6.92. The van der Waals surface area contributed by atoms with Crippen LogP contribution in [0.1, 0.15) is 46.1 Å². The van der Waals surface area contributed by atoms with E-state index in [-0.39, 0.29) is 37.2 Å². The third-order valence-electron chi connectivity index (χ3n) is 10.1. The number of H-pyrrole nitrogens is 1. The van der Waals surface area contributed by atoms with Gasteiger partial charge in [-0.15, -0.1) is 0 Å². The number of benzene rings is 2. The molecule has 0 radical (unpaired) electrons. The van der Waals surface area contributed by atoms with Gasteiger partial charge in [0.05, 0.1) is 29.3 Å². The predicted octanol–water partition coefficient (Wildman–Crippen LogP) is 5.13. The minimum Gasteiger partial charge on any atom is -0.352 e. The van der Waals surface area contributed by atoms with E-state index in [1.54, 1.807) is 26.1 Å². The van der Waals surface area contributed by atoms with Gasteiger partial charge in [-0.25, -0.2) is 22.5 Å². The highest BCUT2D eigenvalue weighted by molar-refractivity contribution is 5.93. The first-order chi connectivity index (χ1) is 23.1. The summed E-state index contributed by atoms with van der Waals surface area (Å²) in [5.74, 6) is -1.18. The van der Waals surface area contributed by atoms with Crippen LogP contribution in [0.5, 0.6) is 0 Å². The van der Waals surface area contributed by atoms with Gasteiger partial charge in [-0.2, -0.15) is 0 Å². The number of nitrogens with one attached hydrogen (secondary N) is 3. The van der Waals surface area contributed by atoms with Gasteiger partial charge in [0.15, 0.2) is 5.82 Å². The fourth-order valence-corrected chi connectivity index (χ4v) is 7.32. The largest absolute Gasteiger partial charge is 0.352 e. The molecule has 13 heteroatoms. The SMILES string of the molecule is CNC(C)C(=O)NC(C(=O)N1CC(F)CC1Cc1c(-c2nc3cc(F)ccc3n2CC2CC(F)CN2C)[nH]c2cc(F)ccc12)C(C)(C)C. The lowest BCUT2D eigenvalue weighted by atomic mass is 9.85. The van der Waals surface area contributed by atoms with Crippen molar-refractivity contribution in [3.63, 3.8) is 0 Å². The smallest absolute Gasteiger partial charge is 0.246 e. The number of imidazole rings is 1. The number of carbonyl (C=O) groups excluding carboxylic acids is 2. The Hall–Kier alpha value is -3.97. The summed E-state index contributed by atoms with van der Waals surface area (Å²) in [7, 11) is 3.52. The molecular weight excluding hydrogens is 638 g/mol. The third-order valence-corrected chi connectivity index (χ3v) is 10.1. The van der Waals surface area contributed by atoms with E-state index in [0.717, 1.165) is 0 Å². The zero-order valence-corrected chi connectivity index (χ0v) is 28.8. The molecule has 0 saturated carbocycles. The van der Waals surface area contributed by atoms with Crippen LogP contribution in [0.4, 0.5) is 17.6 Å². The van der Waals surface area contributed by atoms with E-state index in [2.05, 4.69) is 15.6 Å². The maximum absolute atomic E-state index is 15.3. The summed E-state index contributed by atoms with van der Waals surface area (Å²) >= 11 is 0. The van der Waals surface area contributed by atoms with Crippen LogP contribution in [-0.4, -0.2) is 99.8 Å². The average molecular weight is 684 g/mol. The Balaban J connectivity index is 1.43. The Labute approximate surface area is 283 Å². The van der Waals surface area contributed by atoms with E-state index in [9.17, 15) is 22.8 Å². The number of hydrogen-bond donors (Lipinski definition) is 3. The molecule has 49 heavy (non-hydrogen) atoms. The molecule has 2 aromatic carbocycles. The van der Waals surface area contributed by atoms with Crippen molar-refractivity contribution in [2.24, 2.45) is 5.41 Å². The van der Waals surface area contributed by atoms with Crippen molar-refractivity contribution < 1.29 is 27.2 Å². The number of carbonyl (C=O) groups is 2. The summed E-state index contributed by atoms with van der Waals surface area (Å²) in [5, 5.41) is 6.45. The van der Waals surface area contributed by atoms with Crippen molar-refractivity contribution in [3.8, 4) is 11.5 Å². The molecule has 0 bridgehead atoms. The number of aromatic nitrogens is 3. The van der Waals surface area contributed by atoms with Gasteiger partial charge in [0.25, 0.3) is 0 Å². The van der Waals surface area contributed by atoms with Crippen LogP contribution < -0.4 is 10.6 Å². The number of alkyl halides is 2. The van der Waals surface area contributed by atoms with E-state index in [1.807, 2.05) is 37.3 Å². The Morgan fingerprint density at radius 2 is 1.69 bits per heavy atom. The predicted molar refractivity (Wildman–Crippen MR) is 181 cm³/mol. The molecule has 3 N–H and O–H groups in total. The minimum atomic E-state index is -1.29. The van der Waals surface area contributed by atoms with Crippen LogP contribution in [0.15, 0.2) is 36.4 Å². The van der Waals surface area contributed by atoms with Gasteiger partial charge in [-0.05, 0) is 75.2 Å². The first-order valence-electron chi connectivity index (χ1n) is 16.9. The van der Waals surface area contributed by atoms with Gasteiger partial charge in [-0.3, -0.25) is 14.5 Å². The summed E-state index contributed by atoms with van der Waals surface area (Å²) in [6.45, 7) is 7.79. The molecular formula is C36H45F4N7O2. The standard InChI is InChI=1S/C36H45F4N7O2/c1-19(41-5)34(48)44-32(36(2,3)4)35(49)46-17-23(40)11-24(46)15-27-26-9-7-20(37)13-28(26)42-31(27)33-43-29-14-21(38)8-10-30(29)47(33)18-25-12-22(39)16-45(25)6/h7-10,13-14,19,22-25,32,41-42H,11-12,15-18H2,1-6H3,(H,44,48). The molecule has 2 aromatic heterocycles. The van der Waals surface area contributed by atoms with Crippen molar-refractivity contribution in [1.29, 1.82) is 0 Å². The second-order valence-electron chi connectivity index (χ2n) is 14.8. The zero-order chi connectivity index (χ0) is 35.4. The maximum Gasteiger partial charge on any atom is 0.246 e. The second-order valence-corrected chi connectivity index (χ2v) is 14.8. The van der Waals surface area contributed by atoms with Gasteiger partial charge in [-0.1, -0.05) is 20.8 Å². The van der Waals surface area contributed by atoms with Crippen LogP contribution in [0.3, 0.4) is 0 Å². The summed E-state index contributed by atoms with van der Waals surface area (Å²) in [6, 6.07) is 6.52. The van der Waals surface area contributed by atoms with Crippen molar-refractivity contribution in [2.45, 2.75) is 90.0 Å². The number of amides is 2. The minimum absolute atomic E-state index is 0.0726. The van der Waals surface area contributed by atoms with E-state index < -0.39 is 47.5 Å². The molecule has 264 valence electrons. The van der Waals surface area contributed by atoms with Gasteiger partial charge < -0.3 is 25.1 Å². The number of fused-ring (bicyclic) bond motifs is 2. The number of rotatable bonds is 9. The van der Waals surface area contributed by atoms with Crippen LogP contribution in [0.2, 0.25) is 0 Å². The van der Waals surface area contributed by atoms with Gasteiger partial charge in [0.1, 0.15) is 30.0 Å². The van der Waals surface area contributed by atoms with Crippen LogP contribution in [-0.2, 0) is 22.6 Å². The lowest BCUT2D eigenvalue weighted by Gasteiger charge is -2.36. The number of likely N-dealkylation sites (N-methyl/N-ethyl adjacent to an activating group) is 2. The number of likely N-dealkylation sites (tertiary alicyclic amines) is 2. The molecule has 2 aliphatic rings. The Morgan fingerprint density at radius 3 is 2.37 bits per heavy atom. The molecule has 9 nitrogen and oxygen atoms in total. The van der Waals surface area contributed by atoms with E-state index in [0.29, 0.717) is 58.5 Å². The normalized spacial score (nSPS) is 23.1. The fraction of sp³-hybridized carbons (Fsp3) is 0.528. The molecule has 0 aliphatic carbocycles. The van der Waals surface area contributed by atoms with Crippen molar-refractivity contribution in [3.05, 3.63) is 53.6 Å². The maximum atomic E-state index is 15.3. The molecule has 6 rings (SSSR count).